The van der Waals surface area contributed by atoms with Gasteiger partial charge in [0.25, 0.3) is 0 Å². The van der Waals surface area contributed by atoms with Crippen molar-refractivity contribution in [2.75, 3.05) is 0 Å². The molecule has 20 heavy (non-hydrogen) atoms. The molecule has 0 spiro atoms. The lowest BCUT2D eigenvalue weighted by atomic mass is 9.50. The molecule has 4 rings (SSSR count). The molecule has 0 amide bonds. The van der Waals surface area contributed by atoms with Crippen LogP contribution >= 0.6 is 0 Å². The minimum absolute atomic E-state index is 0.0936. The van der Waals surface area contributed by atoms with E-state index in [-0.39, 0.29) is 11.5 Å². The van der Waals surface area contributed by atoms with Crippen molar-refractivity contribution in [3.8, 4) is 0 Å². The Hall–Kier alpha value is -0.370. The average Bonchev–Trinajstić information content (AvgIpc) is 2.75. The molecule has 0 aromatic heterocycles. The number of rotatable bonds is 0. The van der Waals surface area contributed by atoms with E-state index in [0.717, 1.165) is 37.5 Å². The topological polar surface area (TPSA) is 37.3 Å². The summed E-state index contributed by atoms with van der Waals surface area (Å²) in [4.78, 5) is 12.3. The Balaban J connectivity index is 1.65. The third-order valence-electron chi connectivity index (χ3n) is 7.60. The van der Waals surface area contributed by atoms with E-state index in [2.05, 4.69) is 6.92 Å². The zero-order chi connectivity index (χ0) is 13.9. The summed E-state index contributed by atoms with van der Waals surface area (Å²) in [5, 5.41) is 10.8. The maximum atomic E-state index is 12.3. The van der Waals surface area contributed by atoms with Gasteiger partial charge in [-0.2, -0.15) is 0 Å². The number of ketones is 1. The molecule has 4 fully saturated rings. The van der Waals surface area contributed by atoms with E-state index >= 15 is 0 Å². The van der Waals surface area contributed by atoms with Crippen molar-refractivity contribution >= 4 is 5.78 Å². The summed E-state index contributed by atoms with van der Waals surface area (Å²) < 4.78 is 0. The number of carbonyl (C=O) groups excluding carboxylic acids is 1. The molecule has 0 aromatic rings. The summed E-state index contributed by atoms with van der Waals surface area (Å²) in [6.45, 7) is 2.20. The molecule has 2 heteroatoms. The van der Waals surface area contributed by atoms with Crippen LogP contribution in [0.2, 0.25) is 0 Å². The van der Waals surface area contributed by atoms with Gasteiger partial charge in [-0.15, -0.1) is 0 Å². The summed E-state index contributed by atoms with van der Waals surface area (Å²) in [7, 11) is 0. The van der Waals surface area contributed by atoms with Gasteiger partial charge in [0.05, 0.1) is 6.10 Å². The molecule has 4 aliphatic rings. The van der Waals surface area contributed by atoms with Crippen LogP contribution in [0.5, 0.6) is 0 Å². The van der Waals surface area contributed by atoms with Gasteiger partial charge in [-0.1, -0.05) is 26.2 Å². The minimum atomic E-state index is -0.130. The van der Waals surface area contributed by atoms with E-state index in [1.807, 2.05) is 0 Å². The van der Waals surface area contributed by atoms with Crippen molar-refractivity contribution in [3.63, 3.8) is 0 Å². The average molecular weight is 276 g/mol. The second kappa shape index (κ2) is 4.56. The molecule has 1 N–H and O–H groups in total. The second-order valence-corrected chi connectivity index (χ2v) is 8.28. The molecule has 4 aliphatic carbocycles. The Bertz CT molecular complexity index is 418. The molecule has 112 valence electrons. The number of aliphatic hydroxyl groups excluding tert-OH is 1. The van der Waals surface area contributed by atoms with Crippen LogP contribution in [0, 0.1) is 35.0 Å². The molecule has 0 aromatic carbocycles. The van der Waals surface area contributed by atoms with Gasteiger partial charge in [0.1, 0.15) is 5.78 Å². The summed E-state index contributed by atoms with van der Waals surface area (Å²) in [6, 6.07) is 0. The van der Waals surface area contributed by atoms with Gasteiger partial charge in [-0.25, -0.2) is 0 Å². The van der Waals surface area contributed by atoms with Gasteiger partial charge in [0.2, 0.25) is 0 Å². The molecule has 0 aliphatic heterocycles. The Morgan fingerprint density at radius 2 is 1.90 bits per heavy atom. The first-order chi connectivity index (χ1) is 9.61. The highest BCUT2D eigenvalue weighted by Gasteiger charge is 2.58. The van der Waals surface area contributed by atoms with Gasteiger partial charge in [0.15, 0.2) is 0 Å². The Kier molecular flexibility index (Phi) is 3.03. The Morgan fingerprint density at radius 1 is 1.10 bits per heavy atom. The molecule has 0 radical (unpaired) electrons. The van der Waals surface area contributed by atoms with Crippen molar-refractivity contribution in [1.82, 2.24) is 0 Å². The molecule has 2 nitrogen and oxygen atoms in total. The smallest absolute Gasteiger partial charge is 0.139 e. The zero-order valence-corrected chi connectivity index (χ0v) is 12.7. The van der Waals surface area contributed by atoms with Crippen LogP contribution in [-0.2, 0) is 4.79 Å². The fourth-order valence-corrected chi connectivity index (χ4v) is 6.61. The van der Waals surface area contributed by atoms with E-state index in [9.17, 15) is 9.90 Å². The second-order valence-electron chi connectivity index (χ2n) is 8.28. The molecule has 0 saturated heterocycles. The zero-order valence-electron chi connectivity index (χ0n) is 12.7. The molecule has 1 unspecified atom stereocenters. The number of carbonyl (C=O) groups is 1. The standard InChI is InChI=1S/C18H28O2/c1-18-9-8-13-12-5-3-2-4-11(12)10-15(19)17(13)14(18)6-7-16(18)20/h11-15,17,19H,2-10H2,1H3/t11?,12-,13+,14-,15-,17+,18-/m0/s1. The lowest BCUT2D eigenvalue weighted by Gasteiger charge is -2.55. The fraction of sp³-hybridized carbons (Fsp3) is 0.944. The highest BCUT2D eigenvalue weighted by atomic mass is 16.3. The molecule has 4 saturated carbocycles. The van der Waals surface area contributed by atoms with E-state index < -0.39 is 0 Å². The molecule has 0 heterocycles. The highest BCUT2D eigenvalue weighted by molar-refractivity contribution is 5.87. The Labute approximate surface area is 122 Å². The van der Waals surface area contributed by atoms with Gasteiger partial charge >= 0.3 is 0 Å². The Morgan fingerprint density at radius 3 is 2.75 bits per heavy atom. The van der Waals surface area contributed by atoms with E-state index in [1.165, 1.54) is 32.1 Å². The summed E-state index contributed by atoms with van der Waals surface area (Å²) in [6.07, 6.45) is 10.5. The van der Waals surface area contributed by atoms with Gasteiger partial charge in [-0.05, 0) is 61.7 Å². The van der Waals surface area contributed by atoms with Crippen LogP contribution in [0.4, 0.5) is 0 Å². The highest BCUT2D eigenvalue weighted by Crippen LogP contribution is 2.61. The summed E-state index contributed by atoms with van der Waals surface area (Å²) >= 11 is 0. The van der Waals surface area contributed by atoms with Crippen molar-refractivity contribution in [1.29, 1.82) is 0 Å². The van der Waals surface area contributed by atoms with Gasteiger partial charge < -0.3 is 5.11 Å². The number of Topliss-reactive ketones (excluding diaryl/α,β-unsaturated/α-hetero) is 1. The summed E-state index contributed by atoms with van der Waals surface area (Å²) in [5.41, 5.74) is -0.0936. The van der Waals surface area contributed by atoms with Crippen LogP contribution in [0.25, 0.3) is 0 Å². The predicted octanol–water partition coefficient (Wildman–Crippen LogP) is 3.57. The van der Waals surface area contributed by atoms with Crippen molar-refractivity contribution in [2.45, 2.75) is 70.8 Å². The van der Waals surface area contributed by atoms with Gasteiger partial charge in [-0.3, -0.25) is 4.79 Å². The lowest BCUT2D eigenvalue weighted by molar-refractivity contribution is -0.142. The van der Waals surface area contributed by atoms with Crippen LogP contribution < -0.4 is 0 Å². The lowest BCUT2D eigenvalue weighted by Crippen LogP contribution is -2.53. The molecular formula is C18H28O2. The third kappa shape index (κ3) is 1.70. The number of aliphatic hydroxyl groups is 1. The van der Waals surface area contributed by atoms with Crippen molar-refractivity contribution in [2.24, 2.45) is 35.0 Å². The minimum Gasteiger partial charge on any atom is -0.393 e. The SMILES string of the molecule is C[C@]12CC[C@H]3[C@@H]([C@@H](O)CC4CCCC[C@@H]43)[C@@H]1CCC2=O. The number of hydrogen-bond donors (Lipinski definition) is 1. The van der Waals surface area contributed by atoms with E-state index in [1.54, 1.807) is 0 Å². The largest absolute Gasteiger partial charge is 0.393 e. The van der Waals surface area contributed by atoms with Gasteiger partial charge in [0, 0.05) is 11.8 Å². The number of fused-ring (bicyclic) bond motifs is 5. The predicted molar refractivity (Wildman–Crippen MR) is 78.1 cm³/mol. The molecule has 0 bridgehead atoms. The first-order valence-corrected chi connectivity index (χ1v) is 8.82. The van der Waals surface area contributed by atoms with Crippen LogP contribution in [0.15, 0.2) is 0 Å². The van der Waals surface area contributed by atoms with Crippen LogP contribution in [0.3, 0.4) is 0 Å². The maximum absolute atomic E-state index is 12.3. The quantitative estimate of drug-likeness (QED) is 0.734. The van der Waals surface area contributed by atoms with Crippen molar-refractivity contribution in [3.05, 3.63) is 0 Å². The van der Waals surface area contributed by atoms with E-state index in [4.69, 9.17) is 0 Å². The normalized spacial score (nSPS) is 55.0. The fourth-order valence-electron chi connectivity index (χ4n) is 6.61. The first kappa shape index (κ1) is 13.3. The third-order valence-corrected chi connectivity index (χ3v) is 7.60. The van der Waals surface area contributed by atoms with Crippen LogP contribution in [0.1, 0.15) is 64.7 Å². The monoisotopic (exact) mass is 276 g/mol. The van der Waals surface area contributed by atoms with E-state index in [0.29, 0.717) is 23.5 Å². The molecular weight excluding hydrogens is 248 g/mol. The van der Waals surface area contributed by atoms with Crippen LogP contribution in [-0.4, -0.2) is 17.0 Å². The summed E-state index contributed by atoms with van der Waals surface area (Å²) in [5.74, 6) is 3.75. The van der Waals surface area contributed by atoms with Crippen molar-refractivity contribution < 1.29 is 9.90 Å². The first-order valence-electron chi connectivity index (χ1n) is 8.82. The molecule has 7 atom stereocenters. The maximum Gasteiger partial charge on any atom is 0.139 e. The number of hydrogen-bond acceptors (Lipinski definition) is 2.